The summed E-state index contributed by atoms with van der Waals surface area (Å²) in [5.41, 5.74) is 0.752. The van der Waals surface area contributed by atoms with Crippen LogP contribution in [0.3, 0.4) is 0 Å². The zero-order valence-electron chi connectivity index (χ0n) is 15.2. The van der Waals surface area contributed by atoms with Crippen LogP contribution >= 0.6 is 23.1 Å². The van der Waals surface area contributed by atoms with Gasteiger partial charge in [-0.25, -0.2) is 4.98 Å². The van der Waals surface area contributed by atoms with E-state index >= 15 is 0 Å². The molecule has 11 heteroatoms. The van der Waals surface area contributed by atoms with Gasteiger partial charge in [0.05, 0.1) is 16.6 Å². The smallest absolute Gasteiger partial charge is 0.422 e. The summed E-state index contributed by atoms with van der Waals surface area (Å²) in [5, 5.41) is 7.03. The molecule has 0 saturated heterocycles. The van der Waals surface area contributed by atoms with Gasteiger partial charge in [-0.2, -0.15) is 13.2 Å². The van der Waals surface area contributed by atoms with Crippen molar-refractivity contribution in [2.75, 3.05) is 18.9 Å². The molecule has 6 nitrogen and oxygen atoms in total. The van der Waals surface area contributed by atoms with Gasteiger partial charge in [0.1, 0.15) is 5.75 Å². The number of halogens is 3. The first-order chi connectivity index (χ1) is 13.7. The molecule has 0 aliphatic rings. The monoisotopic (exact) mass is 443 g/mol. The Morgan fingerprint density at radius 2 is 2.00 bits per heavy atom. The highest BCUT2D eigenvalue weighted by Crippen LogP contribution is 2.24. The Morgan fingerprint density at radius 1 is 1.28 bits per heavy atom. The minimum atomic E-state index is -4.43. The molecule has 0 aliphatic carbocycles. The third-order valence-corrected chi connectivity index (χ3v) is 5.36. The van der Waals surface area contributed by atoms with Crippen LogP contribution in [0.5, 0.6) is 5.75 Å². The molecule has 1 N–H and O–H groups in total. The summed E-state index contributed by atoms with van der Waals surface area (Å²) in [6, 6.07) is 5.75. The fourth-order valence-electron chi connectivity index (χ4n) is 2.45. The third kappa shape index (κ3) is 5.51. The van der Waals surface area contributed by atoms with Gasteiger partial charge >= 0.3 is 6.18 Å². The Hall–Kier alpha value is -2.53. The van der Waals surface area contributed by atoms with Crippen molar-refractivity contribution in [2.24, 2.45) is 0 Å². The molecular formula is C18H16F3N3O3S2. The maximum absolute atomic E-state index is 13.0. The average Bonchev–Trinajstić information content (AvgIpc) is 3.12. The maximum atomic E-state index is 13.0. The van der Waals surface area contributed by atoms with Crippen LogP contribution in [0.15, 0.2) is 45.0 Å². The molecular weight excluding hydrogens is 427 g/mol. The molecule has 0 bridgehead atoms. The molecule has 0 radical (unpaired) electrons. The van der Waals surface area contributed by atoms with Gasteiger partial charge in [-0.05, 0) is 24.3 Å². The zero-order valence-corrected chi connectivity index (χ0v) is 16.8. The standard InChI is InChI=1S/C18H16F3N3O3S2/c1-11(25)22-6-7-29-17-23-15-9-28-8-14(15)16(26)24(17)12-2-4-13(5-3-12)27-10-18(19,20)21/h2-5,8-9H,6-7,10H2,1H3,(H,22,25). The van der Waals surface area contributed by atoms with Gasteiger partial charge in [-0.1, -0.05) is 11.8 Å². The quantitative estimate of drug-likeness (QED) is 0.343. The molecule has 0 atom stereocenters. The van der Waals surface area contributed by atoms with Crippen molar-refractivity contribution in [3.8, 4) is 11.4 Å². The van der Waals surface area contributed by atoms with Crippen molar-refractivity contribution in [3.05, 3.63) is 45.4 Å². The maximum Gasteiger partial charge on any atom is 0.422 e. The Kier molecular flexibility index (Phi) is 6.48. The number of carbonyl (C=O) groups excluding carboxylic acids is 1. The van der Waals surface area contributed by atoms with E-state index in [1.54, 1.807) is 10.8 Å². The minimum Gasteiger partial charge on any atom is -0.484 e. The number of benzene rings is 1. The van der Waals surface area contributed by atoms with Crippen LogP contribution < -0.4 is 15.6 Å². The van der Waals surface area contributed by atoms with Gasteiger partial charge in [-0.3, -0.25) is 14.2 Å². The summed E-state index contributed by atoms with van der Waals surface area (Å²) in [5.74, 6) is 0.385. The van der Waals surface area contributed by atoms with Crippen LogP contribution in [0, 0.1) is 0 Å². The van der Waals surface area contributed by atoms with E-state index in [1.165, 1.54) is 58.9 Å². The highest BCUT2D eigenvalue weighted by molar-refractivity contribution is 7.99. The second kappa shape index (κ2) is 8.87. The number of nitrogens with one attached hydrogen (secondary N) is 1. The Morgan fingerprint density at radius 3 is 2.66 bits per heavy atom. The van der Waals surface area contributed by atoms with E-state index in [1.807, 2.05) is 0 Å². The summed E-state index contributed by atoms with van der Waals surface area (Å²) in [7, 11) is 0. The molecule has 0 fully saturated rings. The van der Waals surface area contributed by atoms with Crippen molar-refractivity contribution in [1.29, 1.82) is 0 Å². The second-order valence-electron chi connectivity index (χ2n) is 5.93. The van der Waals surface area contributed by atoms with Crippen LogP contribution in [-0.2, 0) is 4.79 Å². The SMILES string of the molecule is CC(=O)NCCSc1nc2cscc2c(=O)n1-c1ccc(OCC(F)(F)F)cc1. The normalized spacial score (nSPS) is 11.6. The largest absolute Gasteiger partial charge is 0.484 e. The number of alkyl halides is 3. The fourth-order valence-corrected chi connectivity index (χ4v) is 4.05. The van der Waals surface area contributed by atoms with Crippen LogP contribution in [0.1, 0.15) is 6.92 Å². The molecule has 0 aliphatic heterocycles. The molecule has 154 valence electrons. The molecule has 2 aromatic heterocycles. The van der Waals surface area contributed by atoms with Crippen LogP contribution in [0.4, 0.5) is 13.2 Å². The van der Waals surface area contributed by atoms with Crippen molar-refractivity contribution < 1.29 is 22.7 Å². The molecule has 3 aromatic rings. The van der Waals surface area contributed by atoms with Gasteiger partial charge < -0.3 is 10.1 Å². The molecule has 0 unspecified atom stereocenters. The number of ether oxygens (including phenoxy) is 1. The van der Waals surface area contributed by atoms with E-state index in [-0.39, 0.29) is 17.2 Å². The topological polar surface area (TPSA) is 73.2 Å². The third-order valence-electron chi connectivity index (χ3n) is 3.69. The van der Waals surface area contributed by atoms with E-state index in [2.05, 4.69) is 10.3 Å². The summed E-state index contributed by atoms with van der Waals surface area (Å²) < 4.78 is 43.0. The summed E-state index contributed by atoms with van der Waals surface area (Å²) >= 11 is 2.65. The molecule has 0 saturated carbocycles. The van der Waals surface area contributed by atoms with Crippen LogP contribution in [-0.4, -0.2) is 40.5 Å². The molecule has 2 heterocycles. The summed E-state index contributed by atoms with van der Waals surface area (Å²) in [6.07, 6.45) is -4.43. The van der Waals surface area contributed by atoms with Gasteiger partial charge in [0.15, 0.2) is 11.8 Å². The molecule has 1 amide bonds. The number of thioether (sulfide) groups is 1. The molecule has 1 aromatic carbocycles. The first-order valence-electron chi connectivity index (χ1n) is 8.41. The number of thiophene rings is 1. The Labute approximate surface area is 171 Å². The predicted molar refractivity (Wildman–Crippen MR) is 106 cm³/mol. The average molecular weight is 443 g/mol. The van der Waals surface area contributed by atoms with E-state index in [4.69, 9.17) is 4.74 Å². The molecule has 3 rings (SSSR count). The van der Waals surface area contributed by atoms with Crippen LogP contribution in [0.25, 0.3) is 16.6 Å². The lowest BCUT2D eigenvalue weighted by Crippen LogP contribution is -2.24. The lowest BCUT2D eigenvalue weighted by molar-refractivity contribution is -0.153. The number of amides is 1. The number of rotatable bonds is 7. The van der Waals surface area contributed by atoms with Crippen molar-refractivity contribution in [3.63, 3.8) is 0 Å². The number of hydrogen-bond donors (Lipinski definition) is 1. The number of aromatic nitrogens is 2. The lowest BCUT2D eigenvalue weighted by Gasteiger charge is -2.13. The number of carbonyl (C=O) groups is 1. The Balaban J connectivity index is 1.90. The first kappa shape index (κ1) is 21.2. The van der Waals surface area contributed by atoms with Crippen molar-refractivity contribution in [2.45, 2.75) is 18.3 Å². The minimum absolute atomic E-state index is 0.0450. The molecule has 29 heavy (non-hydrogen) atoms. The predicted octanol–water partition coefficient (Wildman–Crippen LogP) is 3.62. The van der Waals surface area contributed by atoms with Crippen molar-refractivity contribution >= 4 is 39.9 Å². The summed E-state index contributed by atoms with van der Waals surface area (Å²) in [6.45, 7) is 0.430. The van der Waals surface area contributed by atoms with E-state index < -0.39 is 12.8 Å². The summed E-state index contributed by atoms with van der Waals surface area (Å²) in [4.78, 5) is 28.5. The van der Waals surface area contributed by atoms with E-state index in [0.29, 0.717) is 34.0 Å². The van der Waals surface area contributed by atoms with Gasteiger partial charge in [-0.15, -0.1) is 11.3 Å². The van der Waals surface area contributed by atoms with Gasteiger partial charge in [0.25, 0.3) is 5.56 Å². The lowest BCUT2D eigenvalue weighted by atomic mass is 10.3. The number of nitrogens with zero attached hydrogens (tertiary/aromatic N) is 2. The highest BCUT2D eigenvalue weighted by Gasteiger charge is 2.28. The fraction of sp³-hybridized carbons (Fsp3) is 0.278. The zero-order chi connectivity index (χ0) is 21.0. The van der Waals surface area contributed by atoms with Gasteiger partial charge in [0, 0.05) is 30.0 Å². The number of hydrogen-bond acceptors (Lipinski definition) is 6. The van der Waals surface area contributed by atoms with Gasteiger partial charge in [0.2, 0.25) is 5.91 Å². The van der Waals surface area contributed by atoms with E-state index in [0.717, 1.165) is 0 Å². The van der Waals surface area contributed by atoms with E-state index in [9.17, 15) is 22.8 Å². The van der Waals surface area contributed by atoms with Crippen LogP contribution in [0.2, 0.25) is 0 Å². The second-order valence-corrected chi connectivity index (χ2v) is 7.74. The highest BCUT2D eigenvalue weighted by atomic mass is 32.2. The van der Waals surface area contributed by atoms with Crippen molar-refractivity contribution in [1.82, 2.24) is 14.9 Å². The number of fused-ring (bicyclic) bond motifs is 1. The Bertz CT molecular complexity index is 1060. The molecule has 0 spiro atoms. The first-order valence-corrected chi connectivity index (χ1v) is 10.3.